The maximum atomic E-state index is 12.3. The summed E-state index contributed by atoms with van der Waals surface area (Å²) in [5, 5.41) is 3.39. The highest BCUT2D eigenvalue weighted by Gasteiger charge is 2.36. The Labute approximate surface area is 229 Å². The summed E-state index contributed by atoms with van der Waals surface area (Å²) in [5.74, 6) is -0.525. The smallest absolute Gasteiger partial charge is 0.264 e. The van der Waals surface area contributed by atoms with Gasteiger partial charge in [0.15, 0.2) is 0 Å². The van der Waals surface area contributed by atoms with Crippen molar-refractivity contribution in [3.05, 3.63) is 46.9 Å². The topological polar surface area (TPSA) is 125 Å². The number of hydrogen-bond acceptors (Lipinski definition) is 5. The Balaban J connectivity index is 1.44. The third kappa shape index (κ3) is 13.1. The van der Waals surface area contributed by atoms with Crippen LogP contribution in [0.15, 0.2) is 46.4 Å². The summed E-state index contributed by atoms with van der Waals surface area (Å²) in [6.07, 6.45) is 20.3. The van der Waals surface area contributed by atoms with Gasteiger partial charge in [0, 0.05) is 17.0 Å². The zero-order valence-corrected chi connectivity index (χ0v) is 24.0. The average molecular weight is 631 g/mol. The number of halogens is 1. The van der Waals surface area contributed by atoms with E-state index in [9.17, 15) is 13.2 Å². The number of allylic oxidation sites excluding steroid dienone is 2. The standard InChI is InChI=1S/C26H39IN4O4S/c27-20-13-9-11-18-25-24(35-25)17-10-7-5-3-1-2-4-6-8-12-19-26(32)30-36(33,34)23-16-14-15-22(21-23)29-31-28/h1,3,14-16,21,24-25H,2,4-13,17-20H2,(H,30,32). The Morgan fingerprint density at radius 2 is 1.64 bits per heavy atom. The van der Waals surface area contributed by atoms with Crippen molar-refractivity contribution in [1.29, 1.82) is 0 Å². The van der Waals surface area contributed by atoms with Crippen LogP contribution in [0.3, 0.4) is 0 Å². The molecule has 1 aromatic rings. The highest BCUT2D eigenvalue weighted by atomic mass is 127. The number of nitrogens with zero attached hydrogens (tertiary/aromatic N) is 3. The van der Waals surface area contributed by atoms with Crippen LogP contribution in [0.25, 0.3) is 10.4 Å². The summed E-state index contributed by atoms with van der Waals surface area (Å²) in [4.78, 5) is 14.6. The molecule has 0 bridgehead atoms. The first-order valence-electron chi connectivity index (χ1n) is 13.0. The summed E-state index contributed by atoms with van der Waals surface area (Å²) >= 11 is 2.44. The summed E-state index contributed by atoms with van der Waals surface area (Å²) in [6.45, 7) is 0. The SMILES string of the molecule is [N-]=[N+]=Nc1cccc(S(=O)(=O)NC(=O)CCCCCCC=CCCCCC2OC2CCCCCI)c1. The molecular formula is C26H39IN4O4S. The number of ether oxygens (including phenoxy) is 1. The number of nitrogens with one attached hydrogen (secondary N) is 1. The second kappa shape index (κ2) is 17.8. The van der Waals surface area contributed by atoms with Gasteiger partial charge in [-0.15, -0.1) is 0 Å². The van der Waals surface area contributed by atoms with E-state index in [1.165, 1.54) is 73.6 Å². The Hall–Kier alpha value is -1.62. The summed E-state index contributed by atoms with van der Waals surface area (Å²) in [5.41, 5.74) is 8.66. The highest BCUT2D eigenvalue weighted by molar-refractivity contribution is 14.1. The number of alkyl halides is 1. The van der Waals surface area contributed by atoms with Crippen molar-refractivity contribution < 1.29 is 17.9 Å². The Morgan fingerprint density at radius 1 is 1.00 bits per heavy atom. The Morgan fingerprint density at radius 3 is 2.33 bits per heavy atom. The van der Waals surface area contributed by atoms with Crippen LogP contribution < -0.4 is 4.72 Å². The number of azide groups is 1. The molecule has 8 nitrogen and oxygen atoms in total. The normalized spacial score (nSPS) is 17.1. The second-order valence-corrected chi connectivity index (χ2v) is 11.9. The molecule has 1 heterocycles. The van der Waals surface area contributed by atoms with E-state index in [1.807, 2.05) is 0 Å². The Bertz CT molecular complexity index is 980. The fourth-order valence-electron chi connectivity index (χ4n) is 4.07. The van der Waals surface area contributed by atoms with E-state index >= 15 is 0 Å². The molecule has 1 aliphatic heterocycles. The average Bonchev–Trinajstić information content (AvgIpc) is 3.60. The molecule has 0 radical (unpaired) electrons. The van der Waals surface area contributed by atoms with Gasteiger partial charge in [0.2, 0.25) is 5.91 Å². The molecule has 2 rings (SSSR count). The van der Waals surface area contributed by atoms with Crippen LogP contribution in [0.2, 0.25) is 0 Å². The van der Waals surface area contributed by atoms with Gasteiger partial charge in [0.25, 0.3) is 10.0 Å². The van der Waals surface area contributed by atoms with E-state index in [2.05, 4.69) is 49.5 Å². The van der Waals surface area contributed by atoms with Gasteiger partial charge in [0.05, 0.1) is 17.1 Å². The van der Waals surface area contributed by atoms with Crippen molar-refractivity contribution >= 4 is 44.2 Å². The zero-order chi connectivity index (χ0) is 26.1. The number of unbranched alkanes of at least 4 members (excludes halogenated alkanes) is 8. The zero-order valence-electron chi connectivity index (χ0n) is 21.0. The highest BCUT2D eigenvalue weighted by Crippen LogP contribution is 2.31. The number of sulfonamides is 1. The molecule has 1 N–H and O–H groups in total. The summed E-state index contributed by atoms with van der Waals surface area (Å²) < 4.78 is 33.8. The number of carbonyl (C=O) groups excluding carboxylic acids is 1. The maximum absolute atomic E-state index is 12.3. The molecule has 0 aromatic heterocycles. The van der Waals surface area contributed by atoms with E-state index in [0.717, 1.165) is 32.1 Å². The van der Waals surface area contributed by atoms with E-state index in [-0.39, 0.29) is 17.0 Å². The van der Waals surface area contributed by atoms with Crippen molar-refractivity contribution in [2.45, 2.75) is 107 Å². The van der Waals surface area contributed by atoms with Crippen LogP contribution in [-0.4, -0.2) is 31.0 Å². The first-order chi connectivity index (χ1) is 17.5. The lowest BCUT2D eigenvalue weighted by Gasteiger charge is -2.07. The predicted octanol–water partition coefficient (Wildman–Crippen LogP) is 7.65. The quantitative estimate of drug-likeness (QED) is 0.0232. The Kier molecular flexibility index (Phi) is 15.1. The fourth-order valence-corrected chi connectivity index (χ4v) is 5.67. The lowest BCUT2D eigenvalue weighted by atomic mass is 10.1. The van der Waals surface area contributed by atoms with Gasteiger partial charge in [-0.1, -0.05) is 84.1 Å². The summed E-state index contributed by atoms with van der Waals surface area (Å²) in [6, 6.07) is 5.54. The third-order valence-electron chi connectivity index (χ3n) is 6.15. The van der Waals surface area contributed by atoms with Crippen LogP contribution in [0.5, 0.6) is 0 Å². The van der Waals surface area contributed by atoms with Gasteiger partial charge in [-0.2, -0.15) is 0 Å². The van der Waals surface area contributed by atoms with Crippen LogP contribution in [0.4, 0.5) is 5.69 Å². The number of rotatable bonds is 20. The first-order valence-corrected chi connectivity index (χ1v) is 16.0. The fraction of sp³-hybridized carbons (Fsp3) is 0.654. The van der Waals surface area contributed by atoms with E-state index in [4.69, 9.17) is 10.3 Å². The lowest BCUT2D eigenvalue weighted by molar-refractivity contribution is -0.119. The monoisotopic (exact) mass is 630 g/mol. The molecule has 36 heavy (non-hydrogen) atoms. The largest absolute Gasteiger partial charge is 0.370 e. The third-order valence-corrected chi connectivity index (χ3v) is 8.28. The van der Waals surface area contributed by atoms with Gasteiger partial charge in [-0.25, -0.2) is 13.1 Å². The number of amides is 1. The number of benzene rings is 1. The van der Waals surface area contributed by atoms with Crippen molar-refractivity contribution in [2.24, 2.45) is 5.11 Å². The minimum absolute atomic E-state index is 0.102. The van der Waals surface area contributed by atoms with Gasteiger partial charge in [0.1, 0.15) is 0 Å². The maximum Gasteiger partial charge on any atom is 0.264 e. The molecule has 1 fully saturated rings. The van der Waals surface area contributed by atoms with E-state index < -0.39 is 15.9 Å². The number of hydrogen-bond donors (Lipinski definition) is 1. The molecule has 0 aliphatic carbocycles. The van der Waals surface area contributed by atoms with Gasteiger partial charge < -0.3 is 4.74 Å². The summed E-state index contributed by atoms with van der Waals surface area (Å²) in [7, 11) is -3.97. The second-order valence-electron chi connectivity index (χ2n) is 9.18. The number of epoxide rings is 1. The molecular weight excluding hydrogens is 591 g/mol. The van der Waals surface area contributed by atoms with Crippen LogP contribution in [0.1, 0.15) is 89.9 Å². The minimum atomic E-state index is -3.97. The van der Waals surface area contributed by atoms with Gasteiger partial charge >= 0.3 is 0 Å². The molecule has 0 spiro atoms. The molecule has 10 heteroatoms. The molecule has 1 amide bonds. The molecule has 2 atom stereocenters. The van der Waals surface area contributed by atoms with Crippen molar-refractivity contribution in [3.63, 3.8) is 0 Å². The van der Waals surface area contributed by atoms with Crippen LogP contribution in [-0.2, 0) is 19.6 Å². The van der Waals surface area contributed by atoms with Crippen LogP contribution in [0, 0.1) is 0 Å². The molecule has 2 unspecified atom stereocenters. The molecule has 1 aromatic carbocycles. The molecule has 1 saturated heterocycles. The van der Waals surface area contributed by atoms with Crippen molar-refractivity contribution in [2.75, 3.05) is 4.43 Å². The minimum Gasteiger partial charge on any atom is -0.370 e. The molecule has 200 valence electrons. The van der Waals surface area contributed by atoms with Gasteiger partial charge in [-0.05, 0) is 73.5 Å². The molecule has 0 saturated carbocycles. The number of carbonyl (C=O) groups is 1. The van der Waals surface area contributed by atoms with E-state index in [0.29, 0.717) is 18.6 Å². The predicted molar refractivity (Wildman–Crippen MR) is 152 cm³/mol. The van der Waals surface area contributed by atoms with Crippen molar-refractivity contribution in [1.82, 2.24) is 4.72 Å². The van der Waals surface area contributed by atoms with Crippen molar-refractivity contribution in [3.8, 4) is 0 Å². The van der Waals surface area contributed by atoms with Gasteiger partial charge in [-0.3, -0.25) is 4.79 Å². The van der Waals surface area contributed by atoms with E-state index in [1.54, 1.807) is 0 Å². The lowest BCUT2D eigenvalue weighted by Crippen LogP contribution is -2.30. The first kappa shape index (κ1) is 30.6. The van der Waals surface area contributed by atoms with Crippen LogP contribution >= 0.6 is 22.6 Å². The molecule has 1 aliphatic rings.